The van der Waals surface area contributed by atoms with Gasteiger partial charge in [-0.15, -0.1) is 0 Å². The van der Waals surface area contributed by atoms with Crippen molar-refractivity contribution in [1.82, 2.24) is 20.1 Å². The Hall–Kier alpha value is -2.37. The Morgan fingerprint density at radius 3 is 3.00 bits per heavy atom. The van der Waals surface area contributed by atoms with Crippen LogP contribution >= 0.6 is 0 Å². The molecule has 100 valence electrons. The summed E-state index contributed by atoms with van der Waals surface area (Å²) in [6.07, 6.45) is 5.31. The van der Waals surface area contributed by atoms with Crippen LogP contribution in [0.4, 0.5) is 0 Å². The molecule has 0 aliphatic rings. The second-order valence-corrected chi connectivity index (χ2v) is 4.47. The summed E-state index contributed by atoms with van der Waals surface area (Å²) in [4.78, 5) is 8.55. The zero-order valence-electron chi connectivity index (χ0n) is 11.1. The van der Waals surface area contributed by atoms with Gasteiger partial charge in [0.25, 0.3) is 0 Å². The number of hydrogen-bond acceptors (Lipinski definition) is 3. The quantitative estimate of drug-likeness (QED) is 0.635. The fourth-order valence-electron chi connectivity index (χ4n) is 1.61. The van der Waals surface area contributed by atoms with Gasteiger partial charge in [-0.2, -0.15) is 5.10 Å². The molecular formula is C13H18N6. The molecule has 0 spiro atoms. The highest BCUT2D eigenvalue weighted by molar-refractivity contribution is 5.78. The molecule has 0 amide bonds. The lowest BCUT2D eigenvalue weighted by Crippen LogP contribution is -2.36. The summed E-state index contributed by atoms with van der Waals surface area (Å²) in [6, 6.07) is 6.00. The Balaban J connectivity index is 2.08. The van der Waals surface area contributed by atoms with Crippen molar-refractivity contribution in [3.8, 4) is 5.82 Å². The topological polar surface area (TPSA) is 81.1 Å². The third-order valence-corrected chi connectivity index (χ3v) is 2.42. The van der Waals surface area contributed by atoms with Crippen LogP contribution in [0.15, 0.2) is 41.8 Å². The Labute approximate surface area is 112 Å². The van der Waals surface area contributed by atoms with E-state index in [9.17, 15) is 0 Å². The Kier molecular flexibility index (Phi) is 4.12. The molecule has 6 heteroatoms. The molecule has 0 radical (unpaired) electrons. The molecule has 0 saturated heterocycles. The van der Waals surface area contributed by atoms with E-state index in [2.05, 4.69) is 20.4 Å². The summed E-state index contributed by atoms with van der Waals surface area (Å²) in [5, 5.41) is 7.19. The van der Waals surface area contributed by atoms with Gasteiger partial charge in [0.1, 0.15) is 0 Å². The van der Waals surface area contributed by atoms with E-state index in [-0.39, 0.29) is 6.04 Å². The van der Waals surface area contributed by atoms with E-state index in [0.29, 0.717) is 12.5 Å². The normalized spacial score (nSPS) is 11.8. The molecule has 0 aliphatic carbocycles. The van der Waals surface area contributed by atoms with E-state index in [4.69, 9.17) is 5.73 Å². The standard InChI is InChI=1S/C13H18N6/c1-10(2)18-13(14)16-9-11-4-6-15-12(8-11)19-7-3-5-17-19/h3-8,10H,9H2,1-2H3,(H3,14,16,18). The summed E-state index contributed by atoms with van der Waals surface area (Å²) < 4.78 is 1.71. The third-order valence-electron chi connectivity index (χ3n) is 2.42. The molecular weight excluding hydrogens is 240 g/mol. The van der Waals surface area contributed by atoms with Gasteiger partial charge in [0.2, 0.25) is 0 Å². The molecule has 3 N–H and O–H groups in total. The number of nitrogens with zero attached hydrogens (tertiary/aromatic N) is 4. The van der Waals surface area contributed by atoms with Gasteiger partial charge < -0.3 is 11.1 Å². The number of aliphatic imine (C=N–C) groups is 1. The first-order chi connectivity index (χ1) is 9.15. The molecule has 0 atom stereocenters. The summed E-state index contributed by atoms with van der Waals surface area (Å²) in [7, 11) is 0. The van der Waals surface area contributed by atoms with Crippen molar-refractivity contribution in [2.45, 2.75) is 26.4 Å². The monoisotopic (exact) mass is 258 g/mol. The van der Waals surface area contributed by atoms with Crippen LogP contribution in [-0.2, 0) is 6.54 Å². The van der Waals surface area contributed by atoms with Gasteiger partial charge in [-0.3, -0.25) is 0 Å². The molecule has 0 bridgehead atoms. The summed E-state index contributed by atoms with van der Waals surface area (Å²) in [5.74, 6) is 1.22. The van der Waals surface area contributed by atoms with Crippen LogP contribution in [0.1, 0.15) is 19.4 Å². The smallest absolute Gasteiger partial charge is 0.189 e. The van der Waals surface area contributed by atoms with Crippen LogP contribution in [0, 0.1) is 0 Å². The van der Waals surface area contributed by atoms with E-state index in [1.165, 1.54) is 0 Å². The van der Waals surface area contributed by atoms with Crippen LogP contribution in [-0.4, -0.2) is 26.8 Å². The fourth-order valence-corrected chi connectivity index (χ4v) is 1.61. The number of nitrogens with one attached hydrogen (secondary N) is 1. The van der Waals surface area contributed by atoms with Gasteiger partial charge in [-0.25, -0.2) is 14.7 Å². The van der Waals surface area contributed by atoms with Gasteiger partial charge >= 0.3 is 0 Å². The van der Waals surface area contributed by atoms with Crippen molar-refractivity contribution in [3.05, 3.63) is 42.4 Å². The minimum Gasteiger partial charge on any atom is -0.370 e. The van der Waals surface area contributed by atoms with E-state index in [1.807, 2.05) is 38.2 Å². The first-order valence-electron chi connectivity index (χ1n) is 6.16. The molecule has 2 heterocycles. The maximum Gasteiger partial charge on any atom is 0.189 e. The molecule has 19 heavy (non-hydrogen) atoms. The largest absolute Gasteiger partial charge is 0.370 e. The minimum atomic E-state index is 0.279. The van der Waals surface area contributed by atoms with E-state index in [0.717, 1.165) is 11.4 Å². The van der Waals surface area contributed by atoms with Crippen molar-refractivity contribution in [2.75, 3.05) is 0 Å². The second-order valence-electron chi connectivity index (χ2n) is 4.47. The minimum absolute atomic E-state index is 0.279. The van der Waals surface area contributed by atoms with Gasteiger partial charge in [0.15, 0.2) is 11.8 Å². The van der Waals surface area contributed by atoms with E-state index >= 15 is 0 Å². The van der Waals surface area contributed by atoms with Crippen LogP contribution in [0.5, 0.6) is 0 Å². The Morgan fingerprint density at radius 1 is 1.47 bits per heavy atom. The highest BCUT2D eigenvalue weighted by atomic mass is 15.3. The third kappa shape index (κ3) is 3.80. The zero-order chi connectivity index (χ0) is 13.7. The number of guanidine groups is 1. The van der Waals surface area contributed by atoms with Gasteiger partial charge in [0, 0.05) is 24.6 Å². The van der Waals surface area contributed by atoms with Crippen LogP contribution in [0.25, 0.3) is 5.82 Å². The van der Waals surface area contributed by atoms with Gasteiger partial charge in [0.05, 0.1) is 6.54 Å². The molecule has 2 aromatic heterocycles. The lowest BCUT2D eigenvalue weighted by molar-refractivity contribution is 0.723. The zero-order valence-corrected chi connectivity index (χ0v) is 11.1. The van der Waals surface area contributed by atoms with Crippen molar-refractivity contribution >= 4 is 5.96 Å². The Morgan fingerprint density at radius 2 is 2.32 bits per heavy atom. The average Bonchev–Trinajstić information content (AvgIpc) is 2.90. The lowest BCUT2D eigenvalue weighted by atomic mass is 10.2. The number of aromatic nitrogens is 3. The molecule has 2 rings (SSSR count). The first kappa shape index (κ1) is 13.1. The van der Waals surface area contributed by atoms with E-state index < -0.39 is 0 Å². The highest BCUT2D eigenvalue weighted by Crippen LogP contribution is 2.07. The van der Waals surface area contributed by atoms with Crippen LogP contribution in [0.2, 0.25) is 0 Å². The van der Waals surface area contributed by atoms with E-state index in [1.54, 1.807) is 17.1 Å². The van der Waals surface area contributed by atoms with Crippen molar-refractivity contribution in [1.29, 1.82) is 0 Å². The number of rotatable bonds is 4. The Bertz CT molecular complexity index is 544. The molecule has 0 aliphatic heterocycles. The highest BCUT2D eigenvalue weighted by Gasteiger charge is 2.00. The molecule has 0 unspecified atom stereocenters. The number of pyridine rings is 1. The van der Waals surface area contributed by atoms with Crippen LogP contribution < -0.4 is 11.1 Å². The maximum absolute atomic E-state index is 5.76. The molecule has 0 fully saturated rings. The number of hydrogen-bond donors (Lipinski definition) is 2. The summed E-state index contributed by atoms with van der Waals surface area (Å²) >= 11 is 0. The second kappa shape index (κ2) is 5.99. The predicted molar refractivity (Wildman–Crippen MR) is 75.0 cm³/mol. The maximum atomic E-state index is 5.76. The van der Waals surface area contributed by atoms with Crippen LogP contribution in [0.3, 0.4) is 0 Å². The molecule has 0 aromatic carbocycles. The van der Waals surface area contributed by atoms with Crippen molar-refractivity contribution in [2.24, 2.45) is 10.7 Å². The summed E-state index contributed by atoms with van der Waals surface area (Å²) in [6.45, 7) is 4.55. The first-order valence-corrected chi connectivity index (χ1v) is 6.16. The fraction of sp³-hybridized carbons (Fsp3) is 0.308. The van der Waals surface area contributed by atoms with Gasteiger partial charge in [-0.1, -0.05) is 0 Å². The predicted octanol–water partition coefficient (Wildman–Crippen LogP) is 1.08. The molecule has 2 aromatic rings. The number of nitrogens with two attached hydrogens (primary N) is 1. The molecule has 6 nitrogen and oxygen atoms in total. The van der Waals surface area contributed by atoms with Crippen molar-refractivity contribution in [3.63, 3.8) is 0 Å². The molecule has 0 saturated carbocycles. The lowest BCUT2D eigenvalue weighted by Gasteiger charge is -2.08. The average molecular weight is 258 g/mol. The van der Waals surface area contributed by atoms with Gasteiger partial charge in [-0.05, 0) is 37.6 Å². The summed E-state index contributed by atoms with van der Waals surface area (Å²) in [5.41, 5.74) is 6.80. The SMILES string of the molecule is CC(C)NC(N)=NCc1ccnc(-n2cccn2)c1. The van der Waals surface area contributed by atoms with Crippen molar-refractivity contribution < 1.29 is 0 Å².